The number of hydrogen-bond donors (Lipinski definition) is 1. The van der Waals surface area contributed by atoms with Crippen molar-refractivity contribution in [2.45, 2.75) is 59.5 Å². The summed E-state index contributed by atoms with van der Waals surface area (Å²) in [6, 6.07) is 10.8. The van der Waals surface area contributed by atoms with Gasteiger partial charge >= 0.3 is 0 Å². The molecule has 1 rings (SSSR count). The topological polar surface area (TPSA) is 39.1 Å². The van der Waals surface area contributed by atoms with Gasteiger partial charge in [0, 0.05) is 31.4 Å². The molecule has 122 valence electrons. The molecule has 3 heteroatoms. The predicted molar refractivity (Wildman–Crippen MR) is 94.9 cm³/mol. The van der Waals surface area contributed by atoms with E-state index in [0.29, 0.717) is 11.8 Å². The van der Waals surface area contributed by atoms with Gasteiger partial charge in [0.15, 0.2) is 0 Å². The minimum atomic E-state index is 0.126. The highest BCUT2D eigenvalue weighted by Gasteiger charge is 2.24. The minimum absolute atomic E-state index is 0.126. The molecule has 0 bridgehead atoms. The second kappa shape index (κ2) is 7.65. The van der Waals surface area contributed by atoms with Crippen LogP contribution in [-0.2, 0) is 6.54 Å². The number of nitrogens with zero attached hydrogens (tertiary/aromatic N) is 2. The van der Waals surface area contributed by atoms with E-state index in [-0.39, 0.29) is 5.54 Å². The van der Waals surface area contributed by atoms with Crippen LogP contribution in [0.1, 0.15) is 53.0 Å². The van der Waals surface area contributed by atoms with Crippen LogP contribution in [0.4, 0.5) is 5.69 Å². The van der Waals surface area contributed by atoms with E-state index in [1.165, 1.54) is 5.56 Å². The first-order chi connectivity index (χ1) is 10.1. The van der Waals surface area contributed by atoms with Crippen molar-refractivity contribution in [1.82, 2.24) is 5.32 Å². The van der Waals surface area contributed by atoms with Gasteiger partial charge in [-0.2, -0.15) is 5.26 Å². The molecule has 0 amide bonds. The Hall–Kier alpha value is -1.53. The summed E-state index contributed by atoms with van der Waals surface area (Å²) in [4.78, 5) is 2.12. The molecule has 0 unspecified atom stereocenters. The van der Waals surface area contributed by atoms with E-state index in [0.717, 1.165) is 25.2 Å². The fourth-order valence-corrected chi connectivity index (χ4v) is 2.94. The van der Waals surface area contributed by atoms with Gasteiger partial charge in [0.25, 0.3) is 0 Å². The highest BCUT2D eigenvalue weighted by molar-refractivity contribution is 5.46. The molecule has 0 aromatic heterocycles. The highest BCUT2D eigenvalue weighted by atomic mass is 15.1. The first kappa shape index (κ1) is 18.5. The van der Waals surface area contributed by atoms with Gasteiger partial charge < -0.3 is 10.2 Å². The smallest absolute Gasteiger partial charge is 0.0640 e. The number of anilines is 1. The summed E-state index contributed by atoms with van der Waals surface area (Å²) in [7, 11) is 2.02. The molecule has 0 saturated carbocycles. The summed E-state index contributed by atoms with van der Waals surface area (Å²) in [6.45, 7) is 13.0. The molecule has 0 spiro atoms. The Labute approximate surface area is 136 Å². The van der Waals surface area contributed by atoms with Crippen molar-refractivity contribution in [1.29, 1.82) is 5.26 Å². The van der Waals surface area contributed by atoms with Crippen LogP contribution in [-0.4, -0.2) is 19.1 Å². The summed E-state index contributed by atoms with van der Waals surface area (Å²) in [5, 5.41) is 12.3. The molecule has 22 heavy (non-hydrogen) atoms. The molecular formula is C19H31N3. The fraction of sp³-hybridized carbons (Fsp3) is 0.632. The molecule has 3 nitrogen and oxygen atoms in total. The molecule has 0 aliphatic heterocycles. The predicted octanol–water partition coefficient (Wildman–Crippen LogP) is 4.34. The van der Waals surface area contributed by atoms with Crippen LogP contribution in [0.15, 0.2) is 24.3 Å². The average molecular weight is 301 g/mol. The first-order valence-corrected chi connectivity index (χ1v) is 8.05. The molecule has 0 heterocycles. The summed E-state index contributed by atoms with van der Waals surface area (Å²) < 4.78 is 0. The standard InChI is InChI=1S/C19H31N3/c1-18(2,3)15-19(4,5)21-14-16-8-10-17(11-9-16)22(6)13-7-12-20/h8-11,21H,7,13-15H2,1-6H3. The Morgan fingerprint density at radius 1 is 1.09 bits per heavy atom. The lowest BCUT2D eigenvalue weighted by Crippen LogP contribution is -2.41. The van der Waals surface area contributed by atoms with Gasteiger partial charge in [0.2, 0.25) is 0 Å². The monoisotopic (exact) mass is 301 g/mol. The molecule has 0 aliphatic carbocycles. The maximum Gasteiger partial charge on any atom is 0.0640 e. The van der Waals surface area contributed by atoms with Crippen LogP contribution >= 0.6 is 0 Å². The van der Waals surface area contributed by atoms with Gasteiger partial charge in [-0.15, -0.1) is 0 Å². The summed E-state index contributed by atoms with van der Waals surface area (Å²) >= 11 is 0. The summed E-state index contributed by atoms with van der Waals surface area (Å²) in [6.07, 6.45) is 1.69. The Balaban J connectivity index is 2.56. The van der Waals surface area contributed by atoms with Crippen molar-refractivity contribution in [3.8, 4) is 6.07 Å². The summed E-state index contributed by atoms with van der Waals surface area (Å²) in [5.74, 6) is 0. The van der Waals surface area contributed by atoms with Crippen molar-refractivity contribution in [3.63, 3.8) is 0 Å². The molecular weight excluding hydrogens is 270 g/mol. The number of rotatable bonds is 7. The second-order valence-corrected chi connectivity index (χ2v) is 7.97. The number of hydrogen-bond acceptors (Lipinski definition) is 3. The quantitative estimate of drug-likeness (QED) is 0.814. The van der Waals surface area contributed by atoms with Gasteiger partial charge in [0.1, 0.15) is 0 Å². The Morgan fingerprint density at radius 3 is 2.18 bits per heavy atom. The zero-order valence-electron chi connectivity index (χ0n) is 15.0. The lowest BCUT2D eigenvalue weighted by atomic mass is 9.82. The molecule has 0 saturated heterocycles. The van der Waals surface area contributed by atoms with Crippen molar-refractivity contribution in [2.24, 2.45) is 5.41 Å². The van der Waals surface area contributed by atoms with Crippen LogP contribution in [0, 0.1) is 16.7 Å². The third kappa shape index (κ3) is 6.95. The van der Waals surface area contributed by atoms with Crippen molar-refractivity contribution < 1.29 is 0 Å². The molecule has 1 aromatic carbocycles. The Morgan fingerprint density at radius 2 is 1.68 bits per heavy atom. The van der Waals surface area contributed by atoms with E-state index >= 15 is 0 Å². The van der Waals surface area contributed by atoms with Crippen molar-refractivity contribution >= 4 is 5.69 Å². The second-order valence-electron chi connectivity index (χ2n) is 7.97. The van der Waals surface area contributed by atoms with Crippen LogP contribution in [0.2, 0.25) is 0 Å². The zero-order chi connectivity index (χ0) is 16.8. The van der Waals surface area contributed by atoms with Gasteiger partial charge in [-0.1, -0.05) is 32.9 Å². The van der Waals surface area contributed by atoms with Crippen LogP contribution < -0.4 is 10.2 Å². The molecule has 0 aliphatic rings. The largest absolute Gasteiger partial charge is 0.374 e. The lowest BCUT2D eigenvalue weighted by Gasteiger charge is -2.33. The van der Waals surface area contributed by atoms with E-state index in [1.54, 1.807) is 0 Å². The van der Waals surface area contributed by atoms with E-state index in [2.05, 4.69) is 75.2 Å². The van der Waals surface area contributed by atoms with Gasteiger partial charge in [-0.25, -0.2) is 0 Å². The number of benzene rings is 1. The van der Waals surface area contributed by atoms with Crippen molar-refractivity contribution in [2.75, 3.05) is 18.5 Å². The Bertz CT molecular complexity index is 489. The van der Waals surface area contributed by atoms with Crippen LogP contribution in [0.5, 0.6) is 0 Å². The van der Waals surface area contributed by atoms with E-state index in [9.17, 15) is 0 Å². The molecule has 1 N–H and O–H groups in total. The normalized spacial score (nSPS) is 12.0. The van der Waals surface area contributed by atoms with Gasteiger partial charge in [-0.3, -0.25) is 0 Å². The van der Waals surface area contributed by atoms with Gasteiger partial charge in [-0.05, 0) is 43.4 Å². The fourth-order valence-electron chi connectivity index (χ4n) is 2.94. The highest BCUT2D eigenvalue weighted by Crippen LogP contribution is 2.27. The maximum absolute atomic E-state index is 8.65. The molecule has 0 atom stereocenters. The average Bonchev–Trinajstić information content (AvgIpc) is 2.40. The zero-order valence-corrected chi connectivity index (χ0v) is 15.0. The maximum atomic E-state index is 8.65. The summed E-state index contributed by atoms with van der Waals surface area (Å²) in [5.41, 5.74) is 2.90. The minimum Gasteiger partial charge on any atom is -0.374 e. The lowest BCUT2D eigenvalue weighted by molar-refractivity contribution is 0.241. The number of nitriles is 1. The first-order valence-electron chi connectivity index (χ1n) is 8.05. The molecule has 0 radical (unpaired) electrons. The SMILES string of the molecule is CN(CCC#N)c1ccc(CNC(C)(C)CC(C)(C)C)cc1. The van der Waals surface area contributed by atoms with Crippen LogP contribution in [0.3, 0.4) is 0 Å². The Kier molecular flexibility index (Phi) is 6.44. The third-order valence-electron chi connectivity index (χ3n) is 3.68. The van der Waals surface area contributed by atoms with Crippen LogP contribution in [0.25, 0.3) is 0 Å². The van der Waals surface area contributed by atoms with E-state index < -0.39 is 0 Å². The van der Waals surface area contributed by atoms with Crippen molar-refractivity contribution in [3.05, 3.63) is 29.8 Å². The third-order valence-corrected chi connectivity index (χ3v) is 3.68. The molecule has 1 aromatic rings. The number of nitrogens with one attached hydrogen (secondary N) is 1. The molecule has 0 fully saturated rings. The van der Waals surface area contributed by atoms with Gasteiger partial charge in [0.05, 0.1) is 12.5 Å². The van der Waals surface area contributed by atoms with E-state index in [1.807, 2.05) is 7.05 Å². The van der Waals surface area contributed by atoms with E-state index in [4.69, 9.17) is 5.26 Å².